The number of piperidine rings is 2. The lowest BCUT2D eigenvalue weighted by atomic mass is 9.64. The Morgan fingerprint density at radius 1 is 1.35 bits per heavy atom. The van der Waals surface area contributed by atoms with Crippen molar-refractivity contribution in [2.75, 3.05) is 26.3 Å². The fourth-order valence-electron chi connectivity index (χ4n) is 4.66. The Morgan fingerprint density at radius 3 is 2.94 bits per heavy atom. The molecule has 5 unspecified atom stereocenters. The molecule has 1 aromatic heterocycles. The molecule has 0 spiro atoms. The lowest BCUT2D eigenvalue weighted by molar-refractivity contribution is -0.122. The molecule has 0 radical (unpaired) electrons. The Balaban J connectivity index is 1.84. The predicted octanol–water partition coefficient (Wildman–Crippen LogP) is 1.26. The van der Waals surface area contributed by atoms with Gasteiger partial charge in [-0.05, 0) is 31.4 Å². The van der Waals surface area contributed by atoms with Crippen molar-refractivity contribution >= 4 is 0 Å². The van der Waals surface area contributed by atoms with Crippen LogP contribution in [0.2, 0.25) is 0 Å². The van der Waals surface area contributed by atoms with E-state index < -0.39 is 0 Å². The normalized spacial score (nSPS) is 47.6. The van der Waals surface area contributed by atoms with Crippen molar-refractivity contribution in [1.82, 2.24) is 14.4 Å². The third-order valence-electron chi connectivity index (χ3n) is 5.35. The first-order valence-corrected chi connectivity index (χ1v) is 6.77. The Bertz CT molecular complexity index is 436. The number of aryl methyl sites for hydroxylation is 1. The molecular weight excluding hydrogens is 210 g/mol. The van der Waals surface area contributed by atoms with Gasteiger partial charge < -0.3 is 4.57 Å². The second-order valence-electron chi connectivity index (χ2n) is 6.33. The number of rotatable bonds is 1. The van der Waals surface area contributed by atoms with Crippen LogP contribution in [-0.2, 0) is 12.5 Å². The van der Waals surface area contributed by atoms with Gasteiger partial charge in [0.05, 0.1) is 6.67 Å². The molecule has 0 aliphatic carbocycles. The van der Waals surface area contributed by atoms with E-state index in [-0.39, 0.29) is 0 Å². The molecular formula is C14H21N3. The first kappa shape index (κ1) is 10.2. The van der Waals surface area contributed by atoms with E-state index in [9.17, 15) is 0 Å². The molecule has 4 bridgehead atoms. The molecule has 0 N–H and O–H groups in total. The van der Waals surface area contributed by atoms with E-state index in [1.165, 1.54) is 32.7 Å². The molecule has 3 nitrogen and oxygen atoms in total. The summed E-state index contributed by atoms with van der Waals surface area (Å²) in [6.07, 6.45) is 3.59. The summed E-state index contributed by atoms with van der Waals surface area (Å²) in [5.74, 6) is 0.892. The topological polar surface area (TPSA) is 11.4 Å². The monoisotopic (exact) mass is 231 g/mol. The standard InChI is InChI=1S/C14H21N3/c1-11-14(13-4-3-5-15(13)2)6-12-7-16(9-14)10-17(11)8-12/h3-5,11-12H,6-10H2,1-2H3. The van der Waals surface area contributed by atoms with Crippen molar-refractivity contribution in [3.8, 4) is 0 Å². The highest BCUT2D eigenvalue weighted by Crippen LogP contribution is 2.48. The highest BCUT2D eigenvalue weighted by atomic mass is 15.4. The minimum atomic E-state index is 0.387. The third-order valence-corrected chi connectivity index (χ3v) is 5.35. The summed E-state index contributed by atoms with van der Waals surface area (Å²) >= 11 is 0. The Kier molecular flexibility index (Phi) is 1.88. The summed E-state index contributed by atoms with van der Waals surface area (Å²) in [6.45, 7) is 7.55. The first-order chi connectivity index (χ1) is 8.19. The molecule has 5 atom stereocenters. The summed E-state index contributed by atoms with van der Waals surface area (Å²) in [6, 6.07) is 5.24. The van der Waals surface area contributed by atoms with Gasteiger partial charge in [0.25, 0.3) is 0 Å². The van der Waals surface area contributed by atoms with Gasteiger partial charge in [0.15, 0.2) is 0 Å². The maximum absolute atomic E-state index is 2.69. The second-order valence-corrected chi connectivity index (χ2v) is 6.33. The van der Waals surface area contributed by atoms with Gasteiger partial charge in [-0.2, -0.15) is 0 Å². The molecule has 4 aliphatic rings. The van der Waals surface area contributed by atoms with Gasteiger partial charge in [0, 0.05) is 50.0 Å². The van der Waals surface area contributed by atoms with Crippen LogP contribution in [0.5, 0.6) is 0 Å². The summed E-state index contributed by atoms with van der Waals surface area (Å²) in [5, 5.41) is 0. The molecule has 17 heavy (non-hydrogen) atoms. The van der Waals surface area contributed by atoms with Crippen molar-refractivity contribution in [1.29, 1.82) is 0 Å². The van der Waals surface area contributed by atoms with Gasteiger partial charge >= 0.3 is 0 Å². The van der Waals surface area contributed by atoms with Gasteiger partial charge in [-0.1, -0.05) is 0 Å². The average Bonchev–Trinajstić information content (AvgIpc) is 2.71. The van der Waals surface area contributed by atoms with E-state index in [0.717, 1.165) is 5.92 Å². The predicted molar refractivity (Wildman–Crippen MR) is 67.8 cm³/mol. The number of aromatic nitrogens is 1. The second kappa shape index (κ2) is 3.15. The van der Waals surface area contributed by atoms with Crippen molar-refractivity contribution in [3.63, 3.8) is 0 Å². The van der Waals surface area contributed by atoms with Crippen LogP contribution in [0.4, 0.5) is 0 Å². The van der Waals surface area contributed by atoms with Crippen LogP contribution in [0, 0.1) is 5.92 Å². The summed E-state index contributed by atoms with van der Waals surface area (Å²) in [4.78, 5) is 5.35. The minimum Gasteiger partial charge on any atom is -0.354 e. The first-order valence-electron chi connectivity index (χ1n) is 6.77. The van der Waals surface area contributed by atoms with Crippen LogP contribution in [0.1, 0.15) is 19.0 Å². The molecule has 4 aliphatic heterocycles. The third kappa shape index (κ3) is 1.19. The van der Waals surface area contributed by atoms with E-state index >= 15 is 0 Å². The largest absolute Gasteiger partial charge is 0.354 e. The van der Waals surface area contributed by atoms with E-state index in [1.807, 2.05) is 0 Å². The van der Waals surface area contributed by atoms with Crippen molar-refractivity contribution in [3.05, 3.63) is 24.0 Å². The van der Waals surface area contributed by atoms with Gasteiger partial charge in [-0.15, -0.1) is 0 Å². The van der Waals surface area contributed by atoms with E-state index in [1.54, 1.807) is 5.69 Å². The Hall–Kier alpha value is -0.800. The van der Waals surface area contributed by atoms with Crippen molar-refractivity contribution in [2.45, 2.75) is 24.8 Å². The van der Waals surface area contributed by atoms with Gasteiger partial charge in [-0.25, -0.2) is 0 Å². The molecule has 4 fully saturated rings. The fourth-order valence-corrected chi connectivity index (χ4v) is 4.66. The molecule has 0 aromatic carbocycles. The minimum absolute atomic E-state index is 0.387. The maximum atomic E-state index is 2.69. The number of nitrogens with zero attached hydrogens (tertiary/aromatic N) is 3. The zero-order chi connectivity index (χ0) is 11.6. The summed E-state index contributed by atoms with van der Waals surface area (Å²) < 4.78 is 2.34. The molecule has 5 rings (SSSR count). The van der Waals surface area contributed by atoms with E-state index in [4.69, 9.17) is 0 Å². The molecule has 0 amide bonds. The summed E-state index contributed by atoms with van der Waals surface area (Å²) in [7, 11) is 2.20. The molecule has 3 heteroatoms. The van der Waals surface area contributed by atoms with Gasteiger partial charge in [0.1, 0.15) is 0 Å². The highest BCUT2D eigenvalue weighted by Gasteiger charge is 2.55. The molecule has 5 heterocycles. The average molecular weight is 231 g/mol. The number of hydrogen-bond donors (Lipinski definition) is 0. The van der Waals surface area contributed by atoms with Crippen LogP contribution in [0.15, 0.2) is 18.3 Å². The molecule has 0 saturated carbocycles. The zero-order valence-corrected chi connectivity index (χ0v) is 10.8. The smallest absolute Gasteiger partial charge is 0.0509 e. The van der Waals surface area contributed by atoms with Gasteiger partial charge in [0.2, 0.25) is 0 Å². The molecule has 4 saturated heterocycles. The Morgan fingerprint density at radius 2 is 2.24 bits per heavy atom. The van der Waals surface area contributed by atoms with Crippen LogP contribution in [0.3, 0.4) is 0 Å². The maximum Gasteiger partial charge on any atom is 0.0509 e. The zero-order valence-electron chi connectivity index (χ0n) is 10.8. The molecule has 1 aromatic rings. The van der Waals surface area contributed by atoms with Gasteiger partial charge in [-0.3, -0.25) is 9.80 Å². The van der Waals surface area contributed by atoms with Crippen LogP contribution < -0.4 is 0 Å². The quantitative estimate of drug-likeness (QED) is 0.721. The van der Waals surface area contributed by atoms with Crippen LogP contribution in [-0.4, -0.2) is 46.7 Å². The van der Waals surface area contributed by atoms with E-state index in [0.29, 0.717) is 11.5 Å². The summed E-state index contributed by atoms with van der Waals surface area (Å²) in [5.41, 5.74) is 1.93. The lowest BCUT2D eigenvalue weighted by Gasteiger charge is -2.63. The van der Waals surface area contributed by atoms with Crippen molar-refractivity contribution < 1.29 is 0 Å². The van der Waals surface area contributed by atoms with Crippen LogP contribution >= 0.6 is 0 Å². The Labute approximate surface area is 103 Å². The number of hydrogen-bond acceptors (Lipinski definition) is 2. The van der Waals surface area contributed by atoms with E-state index in [2.05, 4.69) is 46.7 Å². The SMILES string of the molecule is CC1N2CC3CN(C2)CC1(c1cccn1C)C3. The molecule has 92 valence electrons. The lowest BCUT2D eigenvalue weighted by Crippen LogP contribution is -2.72. The highest BCUT2D eigenvalue weighted by molar-refractivity contribution is 5.28. The van der Waals surface area contributed by atoms with Crippen molar-refractivity contribution in [2.24, 2.45) is 13.0 Å². The van der Waals surface area contributed by atoms with Crippen LogP contribution in [0.25, 0.3) is 0 Å². The fraction of sp³-hybridized carbons (Fsp3) is 0.714.